The molecule has 1 aromatic rings. The van der Waals surface area contributed by atoms with Gasteiger partial charge in [-0.25, -0.2) is 0 Å². The predicted octanol–water partition coefficient (Wildman–Crippen LogP) is 1.22. The molecule has 7 nitrogen and oxygen atoms in total. The van der Waals surface area contributed by atoms with Crippen LogP contribution in [0, 0.1) is 0 Å². The summed E-state index contributed by atoms with van der Waals surface area (Å²) < 4.78 is 4.82. The number of nitrogens with one attached hydrogen (secondary N) is 1. The lowest BCUT2D eigenvalue weighted by Crippen LogP contribution is -2.39. The lowest BCUT2D eigenvalue weighted by molar-refractivity contribution is -0.125. The minimum Gasteiger partial charge on any atom is -0.383 e. The van der Waals surface area contributed by atoms with E-state index in [9.17, 15) is 14.4 Å². The van der Waals surface area contributed by atoms with Crippen molar-refractivity contribution < 1.29 is 19.1 Å². The number of rotatable bonds is 6. The average Bonchev–Trinajstić information content (AvgIpc) is 2.81. The number of nitrogens with two attached hydrogens (primary N) is 1. The molecule has 0 saturated carbocycles. The molecule has 126 valence electrons. The van der Waals surface area contributed by atoms with E-state index in [2.05, 4.69) is 5.32 Å². The van der Waals surface area contributed by atoms with E-state index >= 15 is 0 Å². The zero-order valence-corrected chi connectivity index (χ0v) is 14.1. The number of amides is 3. The van der Waals surface area contributed by atoms with Gasteiger partial charge in [0.05, 0.1) is 18.9 Å². The Bertz CT molecular complexity index is 566. The maximum absolute atomic E-state index is 11.7. The van der Waals surface area contributed by atoms with Crippen molar-refractivity contribution in [2.45, 2.75) is 12.6 Å². The van der Waals surface area contributed by atoms with Gasteiger partial charge in [-0.05, 0) is 17.7 Å². The molecule has 0 aliphatic carbocycles. The normalized spacial score (nSPS) is 15.3. The number of ether oxygens (including phenoxy) is 1. The van der Waals surface area contributed by atoms with Gasteiger partial charge in [-0.2, -0.15) is 0 Å². The van der Waals surface area contributed by atoms with Gasteiger partial charge in [0.25, 0.3) is 5.24 Å². The van der Waals surface area contributed by atoms with Crippen LogP contribution in [0.3, 0.4) is 0 Å². The zero-order chi connectivity index (χ0) is 16.1. The van der Waals surface area contributed by atoms with E-state index in [0.717, 1.165) is 17.3 Å². The van der Waals surface area contributed by atoms with Crippen LogP contribution < -0.4 is 11.1 Å². The fourth-order valence-electron chi connectivity index (χ4n) is 1.90. The molecule has 1 unspecified atom stereocenters. The van der Waals surface area contributed by atoms with Crippen LogP contribution in [0.5, 0.6) is 0 Å². The molecule has 0 radical (unpaired) electrons. The molecule has 2 rings (SSSR count). The first-order valence-electron chi connectivity index (χ1n) is 6.62. The molecular weight excluding hydrogens is 342 g/mol. The van der Waals surface area contributed by atoms with E-state index in [0.29, 0.717) is 5.69 Å². The molecule has 9 heteroatoms. The Morgan fingerprint density at radius 3 is 2.57 bits per heavy atom. The highest BCUT2D eigenvalue weighted by Crippen LogP contribution is 2.21. The second-order valence-corrected chi connectivity index (χ2v) is 5.71. The van der Waals surface area contributed by atoms with Crippen LogP contribution >= 0.6 is 24.2 Å². The standard InChI is InChI=1S/C14H17N3O4S.ClH/c1-21-7-11(15)13(19)16-10-4-2-9(3-5-10)6-17-12(18)8-22-14(17)20;/h2-5,11H,6-8,15H2,1H3,(H,16,19);1H. The van der Waals surface area contributed by atoms with E-state index in [4.69, 9.17) is 10.5 Å². The third-order valence-corrected chi connectivity index (χ3v) is 3.94. The van der Waals surface area contributed by atoms with Gasteiger partial charge in [-0.15, -0.1) is 12.4 Å². The second kappa shape index (κ2) is 8.88. The molecule has 1 aliphatic heterocycles. The molecule has 1 aromatic carbocycles. The molecule has 1 heterocycles. The van der Waals surface area contributed by atoms with E-state index < -0.39 is 6.04 Å². The zero-order valence-electron chi connectivity index (χ0n) is 12.5. The summed E-state index contributed by atoms with van der Waals surface area (Å²) in [6, 6.07) is 6.17. The van der Waals surface area contributed by atoms with Crippen LogP contribution in [0.2, 0.25) is 0 Å². The summed E-state index contributed by atoms with van der Waals surface area (Å²) in [4.78, 5) is 36.0. The van der Waals surface area contributed by atoms with E-state index in [1.54, 1.807) is 24.3 Å². The molecule has 1 saturated heterocycles. The summed E-state index contributed by atoms with van der Waals surface area (Å²) in [6.45, 7) is 0.378. The number of hydrogen-bond donors (Lipinski definition) is 2. The van der Waals surface area contributed by atoms with Gasteiger partial charge in [0.1, 0.15) is 6.04 Å². The molecule has 3 amide bonds. The first-order valence-corrected chi connectivity index (χ1v) is 7.61. The van der Waals surface area contributed by atoms with Gasteiger partial charge in [0.15, 0.2) is 0 Å². The molecule has 3 N–H and O–H groups in total. The van der Waals surface area contributed by atoms with Gasteiger partial charge in [-0.3, -0.25) is 19.3 Å². The summed E-state index contributed by atoms with van der Waals surface area (Å²) in [6.07, 6.45) is 0. The average molecular weight is 360 g/mol. The fourth-order valence-corrected chi connectivity index (χ4v) is 2.63. The van der Waals surface area contributed by atoms with Crippen molar-refractivity contribution in [2.24, 2.45) is 5.73 Å². The Morgan fingerprint density at radius 1 is 1.39 bits per heavy atom. The third kappa shape index (κ3) is 5.21. The van der Waals surface area contributed by atoms with Crippen LogP contribution in [0.15, 0.2) is 24.3 Å². The highest BCUT2D eigenvalue weighted by molar-refractivity contribution is 8.14. The SMILES string of the molecule is COCC(N)C(=O)Nc1ccc(CN2C(=O)CSC2=O)cc1.Cl. The van der Waals surface area contributed by atoms with Crippen molar-refractivity contribution in [3.63, 3.8) is 0 Å². The van der Waals surface area contributed by atoms with E-state index in [1.165, 1.54) is 12.0 Å². The molecule has 0 bridgehead atoms. The van der Waals surface area contributed by atoms with Crippen molar-refractivity contribution in [1.82, 2.24) is 4.90 Å². The Kier molecular flexibility index (Phi) is 7.50. The predicted molar refractivity (Wildman–Crippen MR) is 90.6 cm³/mol. The molecular formula is C14H18ClN3O4S. The Labute approximate surface area is 144 Å². The number of carbonyl (C=O) groups is 3. The number of carbonyl (C=O) groups excluding carboxylic acids is 3. The molecule has 0 spiro atoms. The van der Waals surface area contributed by atoms with E-state index in [1.807, 2.05) is 0 Å². The van der Waals surface area contributed by atoms with E-state index in [-0.39, 0.29) is 48.4 Å². The quantitative estimate of drug-likeness (QED) is 0.791. The largest absolute Gasteiger partial charge is 0.383 e. The number of thioether (sulfide) groups is 1. The summed E-state index contributed by atoms with van der Waals surface area (Å²) in [7, 11) is 1.47. The van der Waals surface area contributed by atoms with Gasteiger partial charge < -0.3 is 15.8 Å². The Morgan fingerprint density at radius 2 is 2.04 bits per heavy atom. The summed E-state index contributed by atoms with van der Waals surface area (Å²) in [5, 5.41) is 2.44. The third-order valence-electron chi connectivity index (χ3n) is 3.09. The lowest BCUT2D eigenvalue weighted by Gasteiger charge is -2.14. The monoisotopic (exact) mass is 359 g/mol. The maximum atomic E-state index is 11.7. The lowest BCUT2D eigenvalue weighted by atomic mass is 10.2. The Balaban J connectivity index is 0.00000264. The molecule has 23 heavy (non-hydrogen) atoms. The van der Waals surface area contributed by atoms with Crippen molar-refractivity contribution in [3.05, 3.63) is 29.8 Å². The number of benzene rings is 1. The van der Waals surface area contributed by atoms with Crippen LogP contribution in [0.1, 0.15) is 5.56 Å². The molecule has 0 aromatic heterocycles. The van der Waals surface area contributed by atoms with Gasteiger partial charge in [0, 0.05) is 12.8 Å². The minimum absolute atomic E-state index is 0. The van der Waals surface area contributed by atoms with Gasteiger partial charge in [-0.1, -0.05) is 23.9 Å². The first kappa shape index (κ1) is 19.4. The fraction of sp³-hybridized carbons (Fsp3) is 0.357. The number of hydrogen-bond acceptors (Lipinski definition) is 6. The maximum Gasteiger partial charge on any atom is 0.289 e. The highest BCUT2D eigenvalue weighted by Gasteiger charge is 2.29. The van der Waals surface area contributed by atoms with Gasteiger partial charge >= 0.3 is 0 Å². The van der Waals surface area contributed by atoms with Gasteiger partial charge in [0.2, 0.25) is 11.8 Å². The van der Waals surface area contributed by atoms with Crippen LogP contribution in [-0.4, -0.2) is 47.5 Å². The number of methoxy groups -OCH3 is 1. The molecule has 1 fully saturated rings. The highest BCUT2D eigenvalue weighted by atomic mass is 35.5. The smallest absolute Gasteiger partial charge is 0.289 e. The molecule has 1 atom stereocenters. The van der Waals surface area contributed by atoms with Crippen LogP contribution in [0.25, 0.3) is 0 Å². The summed E-state index contributed by atoms with van der Waals surface area (Å²) >= 11 is 1.01. The number of anilines is 1. The second-order valence-electron chi connectivity index (χ2n) is 4.78. The van der Waals surface area contributed by atoms with Crippen molar-refractivity contribution in [1.29, 1.82) is 0 Å². The summed E-state index contributed by atoms with van der Waals surface area (Å²) in [5.74, 6) is -0.321. The Hall–Kier alpha value is -1.61. The number of nitrogens with zero attached hydrogens (tertiary/aromatic N) is 1. The minimum atomic E-state index is -0.735. The van der Waals surface area contributed by atoms with Crippen molar-refractivity contribution in [3.8, 4) is 0 Å². The first-order chi connectivity index (χ1) is 10.5. The molecule has 1 aliphatic rings. The summed E-state index contributed by atoms with van der Waals surface area (Å²) in [5.41, 5.74) is 7.02. The van der Waals surface area contributed by atoms with Crippen molar-refractivity contribution >= 4 is 46.9 Å². The number of imide groups is 1. The number of halogens is 1. The topological polar surface area (TPSA) is 102 Å². The van der Waals surface area contributed by atoms with Crippen LogP contribution in [-0.2, 0) is 20.9 Å². The van der Waals surface area contributed by atoms with Crippen molar-refractivity contribution in [2.75, 3.05) is 24.8 Å². The van der Waals surface area contributed by atoms with Crippen LogP contribution in [0.4, 0.5) is 10.5 Å².